The molecule has 0 atom stereocenters. The molecule has 0 fully saturated rings. The Bertz CT molecular complexity index is 1210. The van der Waals surface area contributed by atoms with Crippen molar-refractivity contribution >= 4 is 11.9 Å². The van der Waals surface area contributed by atoms with E-state index in [-0.39, 0.29) is 8.76 Å². The topological polar surface area (TPSA) is 97.0 Å². The molecule has 4 aromatic rings. The quantitative estimate of drug-likeness (QED) is 0.464. The van der Waals surface area contributed by atoms with Crippen LogP contribution in [0.5, 0.6) is 0 Å². The van der Waals surface area contributed by atoms with E-state index in [2.05, 4.69) is 37.6 Å². The van der Waals surface area contributed by atoms with Gasteiger partial charge in [-0.3, -0.25) is 9.78 Å². The van der Waals surface area contributed by atoms with Crippen LogP contribution in [0.25, 0.3) is 22.8 Å². The fourth-order valence-corrected chi connectivity index (χ4v) is 3.18. The first kappa shape index (κ1) is 21.2. The summed E-state index contributed by atoms with van der Waals surface area (Å²) in [5, 5.41) is 11.4. The smallest absolute Gasteiger partial charge is 0.315 e. The Kier molecular flexibility index (Phi) is 6.21. The highest BCUT2D eigenvalue weighted by Crippen LogP contribution is 2.25. The monoisotopic (exact) mass is 432 g/mol. The molecular weight excluding hydrogens is 404 g/mol. The molecule has 2 aromatic carbocycles. The summed E-state index contributed by atoms with van der Waals surface area (Å²) in [6, 6.07) is 17.8. The maximum absolute atomic E-state index is 12.1. The minimum atomic E-state index is -0.0506. The van der Waals surface area contributed by atoms with Crippen molar-refractivity contribution in [1.82, 2.24) is 25.1 Å². The first-order chi connectivity index (χ1) is 15.5. The van der Waals surface area contributed by atoms with Crippen molar-refractivity contribution in [3.8, 4) is 22.8 Å². The first-order valence-corrected chi connectivity index (χ1v) is 10.3. The Balaban J connectivity index is 0.00000204. The maximum atomic E-state index is 12.1. The van der Waals surface area contributed by atoms with Gasteiger partial charge in [-0.15, -0.1) is 5.10 Å². The summed E-state index contributed by atoms with van der Waals surface area (Å²) in [5.41, 5.74) is 4.56. The normalized spacial score (nSPS) is 10.7. The predicted octanol–water partition coefficient (Wildman–Crippen LogP) is 4.35. The summed E-state index contributed by atoms with van der Waals surface area (Å²) in [7, 11) is 3.45. The number of hydrogen-bond acceptors (Lipinski definition) is 7. The molecule has 2 aromatic heterocycles. The summed E-state index contributed by atoms with van der Waals surface area (Å²) >= 11 is 0. The molecule has 2 heterocycles. The zero-order valence-corrected chi connectivity index (χ0v) is 18.2. The van der Waals surface area contributed by atoms with Crippen LogP contribution in [0.4, 0.5) is 6.01 Å². The Morgan fingerprint density at radius 3 is 2.53 bits per heavy atom. The number of nitrogens with zero attached hydrogens (tertiary/aromatic N) is 5. The van der Waals surface area contributed by atoms with Gasteiger partial charge in [0.15, 0.2) is 0 Å². The SMILES string of the molecule is Cc1ncc(-c2ccc(C(=O)N(C)C)cc2)nc1-c1nnc(NCCc2ccccc2)o1.[HH].[HH]. The minimum absolute atomic E-state index is 0. The van der Waals surface area contributed by atoms with Crippen LogP contribution in [0.1, 0.15) is 24.5 Å². The summed E-state index contributed by atoms with van der Waals surface area (Å²) in [6.45, 7) is 2.52. The van der Waals surface area contributed by atoms with Gasteiger partial charge in [-0.05, 0) is 31.0 Å². The van der Waals surface area contributed by atoms with Crippen molar-refractivity contribution in [3.63, 3.8) is 0 Å². The largest absolute Gasteiger partial charge is 0.402 e. The fraction of sp³-hybridized carbons (Fsp3) is 0.208. The van der Waals surface area contributed by atoms with Crippen LogP contribution >= 0.6 is 0 Å². The van der Waals surface area contributed by atoms with Crippen LogP contribution in [-0.4, -0.2) is 51.6 Å². The molecule has 32 heavy (non-hydrogen) atoms. The molecule has 8 heteroatoms. The predicted molar refractivity (Wildman–Crippen MR) is 126 cm³/mol. The van der Waals surface area contributed by atoms with Gasteiger partial charge >= 0.3 is 6.01 Å². The second-order valence-corrected chi connectivity index (χ2v) is 7.54. The van der Waals surface area contributed by atoms with E-state index in [4.69, 9.17) is 4.42 Å². The Morgan fingerprint density at radius 2 is 1.81 bits per heavy atom. The molecule has 1 amide bonds. The van der Waals surface area contributed by atoms with Gasteiger partial charge in [0.2, 0.25) is 0 Å². The lowest BCUT2D eigenvalue weighted by Gasteiger charge is -2.10. The van der Waals surface area contributed by atoms with E-state index in [1.165, 1.54) is 5.56 Å². The van der Waals surface area contributed by atoms with E-state index in [9.17, 15) is 4.79 Å². The average molecular weight is 433 g/mol. The number of hydrogen-bond donors (Lipinski definition) is 1. The number of carbonyl (C=O) groups is 1. The van der Waals surface area contributed by atoms with Gasteiger partial charge in [0.05, 0.1) is 17.6 Å². The number of aryl methyl sites for hydroxylation is 1. The molecule has 1 N–H and O–H groups in total. The lowest BCUT2D eigenvalue weighted by Crippen LogP contribution is -2.21. The van der Waals surface area contributed by atoms with Crippen molar-refractivity contribution in [1.29, 1.82) is 0 Å². The molecule has 0 aliphatic rings. The second kappa shape index (κ2) is 9.38. The molecule has 0 radical (unpaired) electrons. The van der Waals surface area contributed by atoms with Gasteiger partial charge in [0.25, 0.3) is 11.8 Å². The number of nitrogens with one attached hydrogen (secondary N) is 1. The number of anilines is 1. The van der Waals surface area contributed by atoms with Gasteiger partial charge < -0.3 is 14.6 Å². The van der Waals surface area contributed by atoms with Crippen LogP contribution in [0.15, 0.2) is 65.2 Å². The summed E-state index contributed by atoms with van der Waals surface area (Å²) in [4.78, 5) is 22.8. The highest BCUT2D eigenvalue weighted by Gasteiger charge is 2.16. The third-order valence-electron chi connectivity index (χ3n) is 4.95. The van der Waals surface area contributed by atoms with Crippen molar-refractivity contribution in [2.24, 2.45) is 0 Å². The summed E-state index contributed by atoms with van der Waals surface area (Å²) < 4.78 is 5.77. The summed E-state index contributed by atoms with van der Waals surface area (Å²) in [6.07, 6.45) is 2.54. The molecular formula is C24H28N6O2. The lowest BCUT2D eigenvalue weighted by atomic mass is 10.1. The number of amides is 1. The number of carbonyl (C=O) groups excluding carboxylic acids is 1. The molecule has 0 unspecified atom stereocenters. The zero-order chi connectivity index (χ0) is 22.5. The highest BCUT2D eigenvalue weighted by atomic mass is 16.4. The van der Waals surface area contributed by atoms with E-state index < -0.39 is 0 Å². The first-order valence-electron chi connectivity index (χ1n) is 10.3. The molecule has 0 spiro atoms. The standard InChI is InChI=1S/C24H24N6O2.2H2/c1-16-21(22-28-29-24(32-22)25-14-13-17-7-5-4-6-8-17)27-20(15-26-16)18-9-11-19(12-10-18)23(31)30(2)3;;/h4-12,15H,13-14H2,1-3H3,(H,25,29);2*1H. The second-order valence-electron chi connectivity index (χ2n) is 7.54. The van der Waals surface area contributed by atoms with Crippen LogP contribution in [0, 0.1) is 6.92 Å². The molecule has 8 nitrogen and oxygen atoms in total. The third kappa shape index (κ3) is 4.80. The Labute approximate surface area is 189 Å². The van der Waals surface area contributed by atoms with Crippen LogP contribution in [-0.2, 0) is 6.42 Å². The molecule has 0 saturated carbocycles. The van der Waals surface area contributed by atoms with Crippen molar-refractivity contribution in [2.75, 3.05) is 26.0 Å². The third-order valence-corrected chi connectivity index (χ3v) is 4.95. The number of benzene rings is 2. The molecule has 0 bridgehead atoms. The fourth-order valence-electron chi connectivity index (χ4n) is 3.18. The molecule has 166 valence electrons. The number of rotatable bonds is 7. The van der Waals surface area contributed by atoms with Crippen LogP contribution in [0.2, 0.25) is 0 Å². The maximum Gasteiger partial charge on any atom is 0.315 e. The van der Waals surface area contributed by atoms with Gasteiger partial charge in [0.1, 0.15) is 5.69 Å². The Hall–Kier alpha value is -4.07. The van der Waals surface area contributed by atoms with E-state index in [1.807, 2.05) is 37.3 Å². The molecule has 4 rings (SSSR count). The summed E-state index contributed by atoms with van der Waals surface area (Å²) in [5.74, 6) is 0.254. The van der Waals surface area contributed by atoms with E-state index in [0.717, 1.165) is 12.0 Å². The van der Waals surface area contributed by atoms with Gasteiger partial charge in [-0.2, -0.15) is 0 Å². The van der Waals surface area contributed by atoms with E-state index >= 15 is 0 Å². The van der Waals surface area contributed by atoms with Gasteiger partial charge in [-0.25, -0.2) is 4.98 Å². The highest BCUT2D eigenvalue weighted by molar-refractivity contribution is 5.94. The van der Waals surface area contributed by atoms with Gasteiger partial charge in [-0.1, -0.05) is 47.6 Å². The molecule has 0 saturated heterocycles. The van der Waals surface area contributed by atoms with Crippen molar-refractivity contribution in [2.45, 2.75) is 13.3 Å². The minimum Gasteiger partial charge on any atom is -0.402 e. The van der Waals surface area contributed by atoms with E-state index in [1.54, 1.807) is 37.3 Å². The van der Waals surface area contributed by atoms with E-state index in [0.29, 0.717) is 41.1 Å². The van der Waals surface area contributed by atoms with Crippen molar-refractivity contribution in [3.05, 3.63) is 77.6 Å². The van der Waals surface area contributed by atoms with Crippen LogP contribution in [0.3, 0.4) is 0 Å². The van der Waals surface area contributed by atoms with Crippen LogP contribution < -0.4 is 5.32 Å². The Morgan fingerprint density at radius 1 is 1.06 bits per heavy atom. The molecule has 0 aliphatic carbocycles. The zero-order valence-electron chi connectivity index (χ0n) is 18.2. The number of aromatic nitrogens is 4. The molecule has 0 aliphatic heterocycles. The van der Waals surface area contributed by atoms with Crippen molar-refractivity contribution < 1.29 is 12.1 Å². The average Bonchev–Trinajstić information content (AvgIpc) is 3.28. The van der Waals surface area contributed by atoms with Gasteiger partial charge in [0, 0.05) is 34.6 Å². The lowest BCUT2D eigenvalue weighted by molar-refractivity contribution is 0.0827.